The number of halogens is 1. The highest BCUT2D eigenvalue weighted by molar-refractivity contribution is 9.10. The minimum absolute atomic E-state index is 0.151. The van der Waals surface area contributed by atoms with Crippen LogP contribution in [-0.4, -0.2) is 30.7 Å². The number of benzene rings is 2. The number of unbranched alkanes of at least 4 members (excludes halogenated alkanes) is 3. The quantitative estimate of drug-likeness (QED) is 0.280. The third-order valence-electron chi connectivity index (χ3n) is 4.24. The van der Waals surface area contributed by atoms with E-state index < -0.39 is 5.97 Å². The molecule has 8 heteroatoms. The Bertz CT molecular complexity index is 887. The second-order valence-corrected chi connectivity index (χ2v) is 7.79. The van der Waals surface area contributed by atoms with Crippen molar-refractivity contribution in [2.24, 2.45) is 0 Å². The first-order valence-electron chi connectivity index (χ1n) is 9.67. The molecule has 0 aliphatic carbocycles. The Kier molecular flexibility index (Phi) is 9.76. The lowest BCUT2D eigenvalue weighted by Gasteiger charge is -2.12. The van der Waals surface area contributed by atoms with Crippen molar-refractivity contribution in [3.8, 4) is 5.75 Å². The largest absolute Gasteiger partial charge is 0.492 e. The first kappa shape index (κ1) is 23.8. The summed E-state index contributed by atoms with van der Waals surface area (Å²) in [6, 6.07) is 11.7. The van der Waals surface area contributed by atoms with E-state index in [1.54, 1.807) is 42.5 Å². The molecule has 0 saturated carbocycles. The topological polar surface area (TPSA) is 76.7 Å². The second kappa shape index (κ2) is 12.3. The summed E-state index contributed by atoms with van der Waals surface area (Å²) in [5, 5.41) is 5.69. The van der Waals surface area contributed by atoms with Crippen molar-refractivity contribution in [2.45, 2.75) is 32.6 Å². The van der Waals surface area contributed by atoms with E-state index in [0.29, 0.717) is 33.6 Å². The van der Waals surface area contributed by atoms with Gasteiger partial charge in [-0.15, -0.1) is 0 Å². The summed E-state index contributed by atoms with van der Waals surface area (Å²) < 4.78 is 11.1. The Morgan fingerprint density at radius 3 is 2.37 bits per heavy atom. The average Bonchev–Trinajstić information content (AvgIpc) is 2.74. The molecule has 0 heterocycles. The Balaban J connectivity index is 1.88. The van der Waals surface area contributed by atoms with Crippen molar-refractivity contribution < 1.29 is 19.1 Å². The zero-order chi connectivity index (χ0) is 21.9. The smallest absolute Gasteiger partial charge is 0.337 e. The summed E-state index contributed by atoms with van der Waals surface area (Å²) in [5.74, 6) is -0.0558. The van der Waals surface area contributed by atoms with Crippen LogP contribution in [0.25, 0.3) is 0 Å². The van der Waals surface area contributed by atoms with Gasteiger partial charge in [0.15, 0.2) is 5.11 Å². The number of nitrogens with one attached hydrogen (secondary N) is 2. The molecule has 0 atom stereocenters. The molecule has 2 rings (SSSR count). The van der Waals surface area contributed by atoms with Crippen molar-refractivity contribution in [1.82, 2.24) is 5.32 Å². The van der Waals surface area contributed by atoms with Crippen molar-refractivity contribution in [2.75, 3.05) is 19.0 Å². The predicted molar refractivity (Wildman–Crippen MR) is 125 cm³/mol. The Labute approximate surface area is 190 Å². The first-order chi connectivity index (χ1) is 14.4. The van der Waals surface area contributed by atoms with Gasteiger partial charge in [0.1, 0.15) is 5.75 Å². The normalized spacial score (nSPS) is 10.2. The van der Waals surface area contributed by atoms with Gasteiger partial charge in [0, 0.05) is 11.3 Å². The standard InChI is InChI=1S/C22H25BrN2O4S/c1-3-4-5-6-13-29-19-12-9-16(14-18(19)23)20(26)25-22(30)24-17-10-7-15(8-11-17)21(27)28-2/h7-12,14H,3-6,13H2,1-2H3,(H2,24,25,26,30). The van der Waals surface area contributed by atoms with E-state index in [-0.39, 0.29) is 11.0 Å². The van der Waals surface area contributed by atoms with Gasteiger partial charge in [-0.1, -0.05) is 26.2 Å². The summed E-state index contributed by atoms with van der Waals surface area (Å²) >= 11 is 8.65. The molecule has 0 spiro atoms. The van der Waals surface area contributed by atoms with Gasteiger partial charge in [-0.2, -0.15) is 0 Å². The molecule has 2 aromatic carbocycles. The Hall–Kier alpha value is -2.45. The van der Waals surface area contributed by atoms with Crippen LogP contribution in [0.1, 0.15) is 53.3 Å². The van der Waals surface area contributed by atoms with Gasteiger partial charge < -0.3 is 14.8 Å². The zero-order valence-electron chi connectivity index (χ0n) is 17.0. The first-order valence-corrected chi connectivity index (χ1v) is 10.9. The van der Waals surface area contributed by atoms with Crippen molar-refractivity contribution >= 4 is 50.8 Å². The number of amides is 1. The van der Waals surface area contributed by atoms with E-state index in [4.69, 9.17) is 17.0 Å². The van der Waals surface area contributed by atoms with E-state index in [0.717, 1.165) is 12.8 Å². The fourth-order valence-corrected chi connectivity index (χ4v) is 3.32. The van der Waals surface area contributed by atoms with E-state index in [2.05, 4.69) is 38.2 Å². The summed E-state index contributed by atoms with van der Waals surface area (Å²) in [7, 11) is 1.32. The van der Waals surface area contributed by atoms with Gasteiger partial charge in [-0.05, 0) is 77.0 Å². The van der Waals surface area contributed by atoms with Crippen LogP contribution >= 0.6 is 28.1 Å². The summed E-state index contributed by atoms with van der Waals surface area (Å²) in [6.45, 7) is 2.82. The SMILES string of the molecule is CCCCCCOc1ccc(C(=O)NC(=S)Nc2ccc(C(=O)OC)cc2)cc1Br. The lowest BCUT2D eigenvalue weighted by atomic mass is 10.2. The molecule has 6 nitrogen and oxygen atoms in total. The van der Waals surface area contributed by atoms with Gasteiger partial charge >= 0.3 is 5.97 Å². The predicted octanol–water partition coefficient (Wildman–Crippen LogP) is 5.32. The maximum absolute atomic E-state index is 12.5. The summed E-state index contributed by atoms with van der Waals surface area (Å²) in [4.78, 5) is 23.9. The van der Waals surface area contributed by atoms with Gasteiger partial charge in [-0.25, -0.2) is 4.79 Å². The molecule has 30 heavy (non-hydrogen) atoms. The van der Waals surface area contributed by atoms with Crippen LogP contribution in [0, 0.1) is 0 Å². The summed E-state index contributed by atoms with van der Waals surface area (Å²) in [5.41, 5.74) is 1.52. The van der Waals surface area contributed by atoms with Gasteiger partial charge in [0.05, 0.1) is 23.8 Å². The average molecular weight is 493 g/mol. The number of esters is 1. The molecule has 2 N–H and O–H groups in total. The molecule has 0 saturated heterocycles. The number of ether oxygens (including phenoxy) is 2. The number of hydrogen-bond acceptors (Lipinski definition) is 5. The lowest BCUT2D eigenvalue weighted by Crippen LogP contribution is -2.34. The zero-order valence-corrected chi connectivity index (χ0v) is 19.4. The minimum Gasteiger partial charge on any atom is -0.492 e. The highest BCUT2D eigenvalue weighted by Crippen LogP contribution is 2.26. The van der Waals surface area contributed by atoms with Crippen LogP contribution in [0.2, 0.25) is 0 Å². The van der Waals surface area contributed by atoms with Crippen LogP contribution < -0.4 is 15.4 Å². The van der Waals surface area contributed by atoms with E-state index in [9.17, 15) is 9.59 Å². The molecule has 0 fully saturated rings. The molecule has 2 aromatic rings. The third kappa shape index (κ3) is 7.42. The van der Waals surface area contributed by atoms with Crippen LogP contribution in [0.3, 0.4) is 0 Å². The number of carbonyl (C=O) groups excluding carboxylic acids is 2. The highest BCUT2D eigenvalue weighted by Gasteiger charge is 2.12. The van der Waals surface area contributed by atoms with E-state index >= 15 is 0 Å². The molecule has 0 bridgehead atoms. The third-order valence-corrected chi connectivity index (χ3v) is 5.06. The highest BCUT2D eigenvalue weighted by atomic mass is 79.9. The Morgan fingerprint density at radius 2 is 1.73 bits per heavy atom. The van der Waals surface area contributed by atoms with Crippen LogP contribution in [0.15, 0.2) is 46.9 Å². The summed E-state index contributed by atoms with van der Waals surface area (Å²) in [6.07, 6.45) is 4.53. The van der Waals surface area contributed by atoms with Gasteiger partial charge in [0.25, 0.3) is 5.91 Å². The Morgan fingerprint density at radius 1 is 1.03 bits per heavy atom. The number of methoxy groups -OCH3 is 1. The number of anilines is 1. The van der Waals surface area contributed by atoms with Gasteiger partial charge in [0.2, 0.25) is 0 Å². The molecule has 0 aliphatic rings. The fraction of sp³-hybridized carbons (Fsp3) is 0.318. The molecule has 0 radical (unpaired) electrons. The number of hydrogen-bond donors (Lipinski definition) is 2. The van der Waals surface area contributed by atoms with Crippen LogP contribution in [-0.2, 0) is 4.74 Å². The van der Waals surface area contributed by atoms with Crippen molar-refractivity contribution in [3.05, 3.63) is 58.1 Å². The molecule has 0 aliphatic heterocycles. The molecule has 0 unspecified atom stereocenters. The van der Waals surface area contributed by atoms with Crippen LogP contribution in [0.5, 0.6) is 5.75 Å². The fourth-order valence-electron chi connectivity index (χ4n) is 2.62. The second-order valence-electron chi connectivity index (χ2n) is 6.53. The lowest BCUT2D eigenvalue weighted by molar-refractivity contribution is 0.0600. The molecular formula is C22H25BrN2O4S. The van der Waals surface area contributed by atoms with Crippen LogP contribution in [0.4, 0.5) is 5.69 Å². The molecule has 1 amide bonds. The molecule has 0 aromatic heterocycles. The van der Waals surface area contributed by atoms with E-state index in [1.807, 2.05) is 0 Å². The monoisotopic (exact) mass is 492 g/mol. The number of carbonyl (C=O) groups is 2. The van der Waals surface area contributed by atoms with Crippen molar-refractivity contribution in [1.29, 1.82) is 0 Å². The molecular weight excluding hydrogens is 468 g/mol. The van der Waals surface area contributed by atoms with Crippen molar-refractivity contribution in [3.63, 3.8) is 0 Å². The number of rotatable bonds is 9. The number of thiocarbonyl (C=S) groups is 1. The van der Waals surface area contributed by atoms with Gasteiger partial charge in [-0.3, -0.25) is 10.1 Å². The maximum atomic E-state index is 12.5. The van der Waals surface area contributed by atoms with E-state index in [1.165, 1.54) is 20.0 Å². The maximum Gasteiger partial charge on any atom is 0.337 e. The minimum atomic E-state index is -0.420. The molecule has 160 valence electrons.